The van der Waals surface area contributed by atoms with E-state index in [0.29, 0.717) is 5.88 Å². The van der Waals surface area contributed by atoms with E-state index in [1.54, 1.807) is 0 Å². The molecule has 0 aromatic heterocycles. The van der Waals surface area contributed by atoms with Gasteiger partial charge in [-0.25, -0.2) is 0 Å². The van der Waals surface area contributed by atoms with Crippen LogP contribution in [0.4, 0.5) is 0 Å². The average Bonchev–Trinajstić information content (AvgIpc) is 2.08. The summed E-state index contributed by atoms with van der Waals surface area (Å²) in [7, 11) is 0. The van der Waals surface area contributed by atoms with Crippen molar-refractivity contribution >= 4 is 34.2 Å². The molecule has 0 saturated heterocycles. The van der Waals surface area contributed by atoms with Crippen LogP contribution < -0.4 is 0 Å². The van der Waals surface area contributed by atoms with Gasteiger partial charge in [-0.05, 0) is 46.7 Å². The Balaban J connectivity index is 3.28. The van der Waals surface area contributed by atoms with Gasteiger partial charge < -0.3 is 0 Å². The molecular formula is C9H7ClIN. The number of aryl methyl sites for hydroxylation is 1. The minimum absolute atomic E-state index is 0.505. The van der Waals surface area contributed by atoms with Gasteiger partial charge in [-0.2, -0.15) is 5.26 Å². The lowest BCUT2D eigenvalue weighted by molar-refractivity contribution is 1.29. The van der Waals surface area contributed by atoms with Gasteiger partial charge in [-0.15, -0.1) is 11.6 Å². The van der Waals surface area contributed by atoms with E-state index < -0.39 is 0 Å². The molecule has 0 radical (unpaired) electrons. The largest absolute Gasteiger partial charge is 0.192 e. The average molecular weight is 292 g/mol. The van der Waals surface area contributed by atoms with Gasteiger partial charge in [0, 0.05) is 9.45 Å². The van der Waals surface area contributed by atoms with Gasteiger partial charge in [0.2, 0.25) is 0 Å². The van der Waals surface area contributed by atoms with Gasteiger partial charge in [0.05, 0.1) is 11.6 Å². The van der Waals surface area contributed by atoms with E-state index in [1.807, 2.05) is 19.1 Å². The predicted octanol–water partition coefficient (Wildman–Crippen LogP) is 3.21. The summed E-state index contributed by atoms with van der Waals surface area (Å²) in [6, 6.07) is 5.97. The zero-order valence-electron chi connectivity index (χ0n) is 6.56. The van der Waals surface area contributed by atoms with Crippen LogP contribution in [-0.4, -0.2) is 0 Å². The maximum Gasteiger partial charge on any atom is 0.0994 e. The van der Waals surface area contributed by atoms with E-state index in [0.717, 1.165) is 20.3 Å². The molecule has 0 fully saturated rings. The molecule has 0 atom stereocenters. The highest BCUT2D eigenvalue weighted by atomic mass is 127. The lowest BCUT2D eigenvalue weighted by Crippen LogP contribution is -1.90. The Morgan fingerprint density at radius 2 is 2.25 bits per heavy atom. The molecule has 0 spiro atoms. The fourth-order valence-corrected chi connectivity index (χ4v) is 2.07. The molecule has 3 heteroatoms. The van der Waals surface area contributed by atoms with Crippen LogP contribution in [-0.2, 0) is 5.88 Å². The Labute approximate surface area is 90.5 Å². The first-order chi connectivity index (χ1) is 5.69. The molecule has 1 nitrogen and oxygen atoms in total. The molecule has 0 aliphatic heterocycles. The zero-order valence-corrected chi connectivity index (χ0v) is 9.48. The second-order valence-corrected chi connectivity index (χ2v) is 3.93. The van der Waals surface area contributed by atoms with Crippen molar-refractivity contribution in [3.63, 3.8) is 0 Å². The van der Waals surface area contributed by atoms with Gasteiger partial charge in [-0.3, -0.25) is 0 Å². The quantitative estimate of drug-likeness (QED) is 0.576. The summed E-state index contributed by atoms with van der Waals surface area (Å²) >= 11 is 7.90. The first-order valence-corrected chi connectivity index (χ1v) is 5.05. The number of rotatable bonds is 1. The van der Waals surface area contributed by atoms with Crippen molar-refractivity contribution in [1.82, 2.24) is 0 Å². The summed E-state index contributed by atoms with van der Waals surface area (Å²) in [5.74, 6) is 0.505. The highest BCUT2D eigenvalue weighted by Gasteiger charge is 2.03. The third kappa shape index (κ3) is 1.90. The van der Waals surface area contributed by atoms with Crippen molar-refractivity contribution in [2.75, 3.05) is 0 Å². The van der Waals surface area contributed by atoms with Crippen molar-refractivity contribution < 1.29 is 0 Å². The van der Waals surface area contributed by atoms with Crippen molar-refractivity contribution in [3.8, 4) is 6.07 Å². The van der Waals surface area contributed by atoms with Gasteiger partial charge in [0.25, 0.3) is 0 Å². The van der Waals surface area contributed by atoms with Crippen molar-refractivity contribution in [2.45, 2.75) is 12.8 Å². The minimum atomic E-state index is 0.505. The second-order valence-electron chi connectivity index (χ2n) is 2.50. The van der Waals surface area contributed by atoms with E-state index >= 15 is 0 Å². The fraction of sp³-hybridized carbons (Fsp3) is 0.222. The maximum absolute atomic E-state index is 8.72. The van der Waals surface area contributed by atoms with Crippen LogP contribution in [0.1, 0.15) is 16.7 Å². The molecule has 0 unspecified atom stereocenters. The van der Waals surface area contributed by atoms with Crippen molar-refractivity contribution in [2.24, 2.45) is 0 Å². The Morgan fingerprint density at radius 1 is 1.58 bits per heavy atom. The smallest absolute Gasteiger partial charge is 0.0994 e. The summed E-state index contributed by atoms with van der Waals surface area (Å²) in [4.78, 5) is 0. The van der Waals surface area contributed by atoms with E-state index in [-0.39, 0.29) is 0 Å². The molecule has 0 heterocycles. The Hall–Kier alpha value is -0.270. The number of hydrogen-bond donors (Lipinski definition) is 0. The summed E-state index contributed by atoms with van der Waals surface area (Å²) < 4.78 is 1.06. The van der Waals surface area contributed by atoms with Crippen LogP contribution in [0.2, 0.25) is 0 Å². The number of nitriles is 1. The highest BCUT2D eigenvalue weighted by molar-refractivity contribution is 14.1. The van der Waals surface area contributed by atoms with E-state index in [1.165, 1.54) is 0 Å². The highest BCUT2D eigenvalue weighted by Crippen LogP contribution is 2.19. The summed E-state index contributed by atoms with van der Waals surface area (Å²) in [6.07, 6.45) is 0. The second kappa shape index (κ2) is 4.11. The number of benzene rings is 1. The van der Waals surface area contributed by atoms with Crippen LogP contribution in [0.3, 0.4) is 0 Å². The molecule has 0 aliphatic carbocycles. The molecule has 12 heavy (non-hydrogen) atoms. The minimum Gasteiger partial charge on any atom is -0.192 e. The topological polar surface area (TPSA) is 23.8 Å². The van der Waals surface area contributed by atoms with Crippen LogP contribution in [0, 0.1) is 21.8 Å². The molecule has 0 aliphatic rings. The third-order valence-electron chi connectivity index (χ3n) is 1.66. The van der Waals surface area contributed by atoms with Crippen LogP contribution in [0.25, 0.3) is 0 Å². The van der Waals surface area contributed by atoms with Crippen molar-refractivity contribution in [1.29, 1.82) is 5.26 Å². The van der Waals surface area contributed by atoms with Crippen LogP contribution in [0.5, 0.6) is 0 Å². The van der Waals surface area contributed by atoms with Gasteiger partial charge >= 0.3 is 0 Å². The first-order valence-electron chi connectivity index (χ1n) is 3.44. The van der Waals surface area contributed by atoms with Crippen molar-refractivity contribution in [3.05, 3.63) is 32.4 Å². The number of hydrogen-bond acceptors (Lipinski definition) is 1. The fourth-order valence-electron chi connectivity index (χ4n) is 0.964. The molecule has 1 aromatic carbocycles. The monoisotopic (exact) mass is 291 g/mol. The normalized spacial score (nSPS) is 9.50. The third-order valence-corrected chi connectivity index (χ3v) is 2.95. The predicted molar refractivity (Wildman–Crippen MR) is 58.2 cm³/mol. The van der Waals surface area contributed by atoms with Gasteiger partial charge in [0.15, 0.2) is 0 Å². The molecule has 0 saturated carbocycles. The summed E-state index contributed by atoms with van der Waals surface area (Å²) in [6.45, 7) is 1.92. The Kier molecular flexibility index (Phi) is 3.36. The maximum atomic E-state index is 8.72. The SMILES string of the molecule is Cc1cc(CCl)c(I)cc1C#N. The van der Waals surface area contributed by atoms with Crippen LogP contribution in [0.15, 0.2) is 12.1 Å². The van der Waals surface area contributed by atoms with E-state index in [2.05, 4.69) is 28.7 Å². The molecule has 0 N–H and O–H groups in total. The zero-order chi connectivity index (χ0) is 9.14. The number of nitrogens with zero attached hydrogens (tertiary/aromatic N) is 1. The lowest BCUT2D eigenvalue weighted by atomic mass is 10.1. The molecular weight excluding hydrogens is 284 g/mol. The molecule has 1 rings (SSSR count). The number of halogens is 2. The lowest BCUT2D eigenvalue weighted by Gasteiger charge is -2.03. The Bertz CT molecular complexity index is 340. The Morgan fingerprint density at radius 3 is 2.75 bits per heavy atom. The number of alkyl halides is 1. The first kappa shape index (κ1) is 9.82. The molecule has 0 amide bonds. The summed E-state index contributed by atoms with van der Waals surface area (Å²) in [5.41, 5.74) is 2.82. The van der Waals surface area contributed by atoms with Gasteiger partial charge in [-0.1, -0.05) is 6.07 Å². The molecule has 0 bridgehead atoms. The van der Waals surface area contributed by atoms with Gasteiger partial charge in [0.1, 0.15) is 0 Å². The van der Waals surface area contributed by atoms with Crippen LogP contribution >= 0.6 is 34.2 Å². The van der Waals surface area contributed by atoms with E-state index in [4.69, 9.17) is 16.9 Å². The molecule has 1 aromatic rings. The van der Waals surface area contributed by atoms with E-state index in [9.17, 15) is 0 Å². The standard InChI is InChI=1S/C9H7ClIN/c1-6-2-7(4-10)9(11)3-8(6)5-12/h2-3H,4H2,1H3. The summed E-state index contributed by atoms with van der Waals surface area (Å²) in [5, 5.41) is 8.72. The molecule has 62 valence electrons.